The fourth-order valence-corrected chi connectivity index (χ4v) is 1.93. The molecule has 2 heterocycles. The van der Waals surface area contributed by atoms with Gasteiger partial charge in [-0.05, 0) is 23.9 Å². The standard InChI is InChI=1S/C9H5Cl2N3S/c10-6-1-2-8(13-3-6)15-9-5-12-4-7(11)14-9/h1-5H. The zero-order chi connectivity index (χ0) is 10.7. The van der Waals surface area contributed by atoms with Gasteiger partial charge in [0.05, 0.1) is 17.4 Å². The van der Waals surface area contributed by atoms with Crippen LogP contribution in [0.2, 0.25) is 10.2 Å². The van der Waals surface area contributed by atoms with Crippen LogP contribution in [0.4, 0.5) is 0 Å². The van der Waals surface area contributed by atoms with E-state index >= 15 is 0 Å². The predicted molar refractivity (Wildman–Crippen MR) is 60.4 cm³/mol. The van der Waals surface area contributed by atoms with Crippen LogP contribution in [-0.4, -0.2) is 15.0 Å². The number of aromatic nitrogens is 3. The van der Waals surface area contributed by atoms with Crippen LogP contribution in [0.25, 0.3) is 0 Å². The van der Waals surface area contributed by atoms with Crippen molar-refractivity contribution in [2.45, 2.75) is 10.1 Å². The lowest BCUT2D eigenvalue weighted by Gasteiger charge is -1.99. The van der Waals surface area contributed by atoms with Gasteiger partial charge in [0.2, 0.25) is 0 Å². The first kappa shape index (κ1) is 10.7. The molecule has 15 heavy (non-hydrogen) atoms. The van der Waals surface area contributed by atoms with Crippen molar-refractivity contribution < 1.29 is 0 Å². The fourth-order valence-electron chi connectivity index (χ4n) is 0.904. The summed E-state index contributed by atoms with van der Waals surface area (Å²) in [6, 6.07) is 3.59. The second-order valence-corrected chi connectivity index (χ2v) is 4.46. The lowest BCUT2D eigenvalue weighted by Crippen LogP contribution is -1.84. The molecule has 3 nitrogen and oxygen atoms in total. The van der Waals surface area contributed by atoms with Crippen LogP contribution >= 0.6 is 35.0 Å². The third kappa shape index (κ3) is 3.06. The third-order valence-corrected chi connectivity index (χ3v) is 2.75. The molecule has 6 heteroatoms. The summed E-state index contributed by atoms with van der Waals surface area (Å²) in [5.41, 5.74) is 0. The average molecular weight is 258 g/mol. The van der Waals surface area contributed by atoms with E-state index in [4.69, 9.17) is 23.2 Å². The van der Waals surface area contributed by atoms with Crippen molar-refractivity contribution in [1.82, 2.24) is 15.0 Å². The zero-order valence-electron chi connectivity index (χ0n) is 7.39. The molecule has 2 aromatic heterocycles. The van der Waals surface area contributed by atoms with Crippen LogP contribution in [0.3, 0.4) is 0 Å². The lowest BCUT2D eigenvalue weighted by molar-refractivity contribution is 1.04. The van der Waals surface area contributed by atoms with Gasteiger partial charge in [0.15, 0.2) is 0 Å². The van der Waals surface area contributed by atoms with E-state index in [9.17, 15) is 0 Å². The molecule has 0 radical (unpaired) electrons. The second-order valence-electron chi connectivity index (χ2n) is 2.60. The molecule has 0 saturated carbocycles. The quantitative estimate of drug-likeness (QED) is 0.828. The Morgan fingerprint density at radius 1 is 1.00 bits per heavy atom. The van der Waals surface area contributed by atoms with Crippen molar-refractivity contribution in [3.63, 3.8) is 0 Å². The molecule has 0 N–H and O–H groups in total. The SMILES string of the molecule is Clc1ccc(Sc2cncc(Cl)n2)nc1. The summed E-state index contributed by atoms with van der Waals surface area (Å²) >= 11 is 12.8. The van der Waals surface area contributed by atoms with Crippen LogP contribution in [0, 0.1) is 0 Å². The largest absolute Gasteiger partial charge is 0.259 e. The van der Waals surface area contributed by atoms with E-state index in [-0.39, 0.29) is 0 Å². The van der Waals surface area contributed by atoms with Crippen LogP contribution in [0.15, 0.2) is 40.8 Å². The number of nitrogens with zero attached hydrogens (tertiary/aromatic N) is 3. The normalized spacial score (nSPS) is 10.3. The van der Waals surface area contributed by atoms with E-state index in [1.54, 1.807) is 18.5 Å². The Morgan fingerprint density at radius 2 is 1.87 bits per heavy atom. The van der Waals surface area contributed by atoms with Crippen LogP contribution in [0.1, 0.15) is 0 Å². The van der Waals surface area contributed by atoms with Crippen molar-refractivity contribution in [1.29, 1.82) is 0 Å². The van der Waals surface area contributed by atoms with Gasteiger partial charge in [0, 0.05) is 6.20 Å². The zero-order valence-corrected chi connectivity index (χ0v) is 9.72. The second kappa shape index (κ2) is 4.79. The number of pyridine rings is 1. The van der Waals surface area contributed by atoms with Crippen molar-refractivity contribution >= 4 is 35.0 Å². The van der Waals surface area contributed by atoms with Gasteiger partial charge in [-0.3, -0.25) is 4.98 Å². The van der Waals surface area contributed by atoms with E-state index in [1.165, 1.54) is 18.0 Å². The first-order valence-corrected chi connectivity index (χ1v) is 5.58. The summed E-state index contributed by atoms with van der Waals surface area (Å²) in [6.07, 6.45) is 4.70. The Morgan fingerprint density at radius 3 is 2.53 bits per heavy atom. The lowest BCUT2D eigenvalue weighted by atomic mass is 10.5. The van der Waals surface area contributed by atoms with Gasteiger partial charge in [-0.2, -0.15) is 0 Å². The molecule has 0 bridgehead atoms. The van der Waals surface area contributed by atoms with Gasteiger partial charge < -0.3 is 0 Å². The van der Waals surface area contributed by atoms with Crippen molar-refractivity contribution in [2.24, 2.45) is 0 Å². The molecule has 2 aromatic rings. The molecule has 76 valence electrons. The summed E-state index contributed by atoms with van der Waals surface area (Å²) in [6.45, 7) is 0. The topological polar surface area (TPSA) is 38.7 Å². The molecule has 0 aliphatic carbocycles. The van der Waals surface area contributed by atoms with Gasteiger partial charge in [0.1, 0.15) is 15.2 Å². The average Bonchev–Trinajstić information content (AvgIpc) is 2.22. The Labute approximate surface area is 101 Å². The van der Waals surface area contributed by atoms with E-state index in [0.717, 1.165) is 5.03 Å². The van der Waals surface area contributed by atoms with E-state index in [2.05, 4.69) is 15.0 Å². The smallest absolute Gasteiger partial charge is 0.148 e. The van der Waals surface area contributed by atoms with Gasteiger partial charge in [-0.1, -0.05) is 23.2 Å². The first-order chi connectivity index (χ1) is 7.24. The molecule has 0 aliphatic rings. The molecular weight excluding hydrogens is 253 g/mol. The van der Waals surface area contributed by atoms with Crippen LogP contribution in [-0.2, 0) is 0 Å². The van der Waals surface area contributed by atoms with Crippen LogP contribution in [0.5, 0.6) is 0 Å². The summed E-state index contributed by atoms with van der Waals surface area (Å²) in [7, 11) is 0. The molecule has 0 atom stereocenters. The van der Waals surface area contributed by atoms with E-state index < -0.39 is 0 Å². The van der Waals surface area contributed by atoms with Gasteiger partial charge in [0.25, 0.3) is 0 Å². The van der Waals surface area contributed by atoms with Gasteiger partial charge in [-0.15, -0.1) is 0 Å². The van der Waals surface area contributed by atoms with Gasteiger partial charge >= 0.3 is 0 Å². The molecule has 0 fully saturated rings. The maximum absolute atomic E-state index is 5.72. The number of rotatable bonds is 2. The highest BCUT2D eigenvalue weighted by atomic mass is 35.5. The maximum atomic E-state index is 5.72. The molecule has 0 spiro atoms. The van der Waals surface area contributed by atoms with E-state index in [0.29, 0.717) is 15.2 Å². The Bertz CT molecular complexity index is 461. The minimum absolute atomic E-state index is 0.369. The Kier molecular flexibility index (Phi) is 3.41. The Hall–Kier alpha value is -0.840. The highest BCUT2D eigenvalue weighted by Crippen LogP contribution is 2.24. The molecule has 0 amide bonds. The van der Waals surface area contributed by atoms with Crippen molar-refractivity contribution in [3.05, 3.63) is 40.9 Å². The van der Waals surface area contributed by atoms with Crippen molar-refractivity contribution in [2.75, 3.05) is 0 Å². The molecular formula is C9H5Cl2N3S. The highest BCUT2D eigenvalue weighted by Gasteiger charge is 2.01. The number of halogens is 2. The summed E-state index contributed by atoms with van der Waals surface area (Å²) in [5.74, 6) is 0. The molecule has 0 aromatic carbocycles. The summed E-state index contributed by atoms with van der Waals surface area (Å²) in [4.78, 5) is 12.1. The number of hydrogen-bond donors (Lipinski definition) is 0. The monoisotopic (exact) mass is 257 g/mol. The Balaban J connectivity index is 2.18. The maximum Gasteiger partial charge on any atom is 0.148 e. The minimum Gasteiger partial charge on any atom is -0.259 e. The van der Waals surface area contributed by atoms with Crippen LogP contribution < -0.4 is 0 Å². The van der Waals surface area contributed by atoms with Crippen molar-refractivity contribution in [3.8, 4) is 0 Å². The third-order valence-electron chi connectivity index (χ3n) is 1.49. The molecule has 2 rings (SSSR count). The summed E-state index contributed by atoms with van der Waals surface area (Å²) < 4.78 is 0. The van der Waals surface area contributed by atoms with Gasteiger partial charge in [-0.25, -0.2) is 9.97 Å². The molecule has 0 unspecified atom stereocenters. The minimum atomic E-state index is 0.369. The predicted octanol–water partition coefficient (Wildman–Crippen LogP) is 3.33. The molecule has 0 saturated heterocycles. The fraction of sp³-hybridized carbons (Fsp3) is 0. The highest BCUT2D eigenvalue weighted by molar-refractivity contribution is 7.99. The van der Waals surface area contributed by atoms with E-state index in [1.807, 2.05) is 6.07 Å². The summed E-state index contributed by atoms with van der Waals surface area (Å²) in [5, 5.41) is 2.48. The number of hydrogen-bond acceptors (Lipinski definition) is 4. The first-order valence-electron chi connectivity index (χ1n) is 4.01. The molecule has 0 aliphatic heterocycles.